The second kappa shape index (κ2) is 5.16. The number of nitro benzene ring substituents is 1. The summed E-state index contributed by atoms with van der Waals surface area (Å²) in [6.07, 6.45) is 0.291. The molecule has 2 atom stereocenters. The largest absolute Gasteiger partial charge is 0.490 e. The summed E-state index contributed by atoms with van der Waals surface area (Å²) >= 11 is 0. The van der Waals surface area contributed by atoms with Crippen LogP contribution in [0.4, 0.5) is 11.4 Å². The Hall–Kier alpha value is -2.64. The lowest BCUT2D eigenvalue weighted by molar-refractivity contribution is -0.385. The summed E-state index contributed by atoms with van der Waals surface area (Å²) in [7, 11) is 1.31. The zero-order valence-corrected chi connectivity index (χ0v) is 10.5. The van der Waals surface area contributed by atoms with Gasteiger partial charge in [0.15, 0.2) is 5.75 Å². The second-order valence-corrected chi connectivity index (χ2v) is 4.42. The van der Waals surface area contributed by atoms with Crippen LogP contribution >= 0.6 is 0 Å². The zero-order valence-electron chi connectivity index (χ0n) is 10.5. The topological polar surface area (TPSA) is 119 Å². The van der Waals surface area contributed by atoms with Gasteiger partial charge in [0.25, 0.3) is 0 Å². The summed E-state index contributed by atoms with van der Waals surface area (Å²) in [5.41, 5.74) is -0.0329. The van der Waals surface area contributed by atoms with E-state index in [1.165, 1.54) is 25.3 Å². The molecule has 0 aromatic heterocycles. The Morgan fingerprint density at radius 3 is 2.65 bits per heavy atom. The Labute approximate surface area is 113 Å². The van der Waals surface area contributed by atoms with Crippen LogP contribution in [0.25, 0.3) is 0 Å². The molecule has 20 heavy (non-hydrogen) atoms. The Morgan fingerprint density at radius 1 is 1.45 bits per heavy atom. The van der Waals surface area contributed by atoms with Crippen molar-refractivity contribution in [1.82, 2.24) is 0 Å². The van der Waals surface area contributed by atoms with Crippen LogP contribution in [0.5, 0.6) is 5.75 Å². The molecule has 0 radical (unpaired) electrons. The number of anilines is 1. The minimum absolute atomic E-state index is 0.0860. The fraction of sp³-hybridized carbons (Fsp3) is 0.333. The highest BCUT2D eigenvalue weighted by Crippen LogP contribution is 2.39. The van der Waals surface area contributed by atoms with Crippen molar-refractivity contribution in [2.24, 2.45) is 11.8 Å². The van der Waals surface area contributed by atoms with Gasteiger partial charge in [-0.05, 0) is 18.6 Å². The number of aliphatic carboxylic acids is 1. The minimum Gasteiger partial charge on any atom is -0.490 e. The third-order valence-electron chi connectivity index (χ3n) is 3.09. The molecule has 2 rings (SSSR count). The molecule has 1 aliphatic carbocycles. The second-order valence-electron chi connectivity index (χ2n) is 4.42. The lowest BCUT2D eigenvalue weighted by Crippen LogP contribution is -2.16. The number of ether oxygens (including phenoxy) is 1. The lowest BCUT2D eigenvalue weighted by atomic mass is 10.2. The average Bonchev–Trinajstić information content (AvgIpc) is 3.18. The average molecular weight is 280 g/mol. The van der Waals surface area contributed by atoms with Crippen molar-refractivity contribution in [3.63, 3.8) is 0 Å². The van der Waals surface area contributed by atoms with Gasteiger partial charge in [-0.15, -0.1) is 0 Å². The van der Waals surface area contributed by atoms with Crippen molar-refractivity contribution in [1.29, 1.82) is 0 Å². The lowest BCUT2D eigenvalue weighted by Gasteiger charge is -2.06. The summed E-state index contributed by atoms with van der Waals surface area (Å²) in [4.78, 5) is 32.6. The van der Waals surface area contributed by atoms with Gasteiger partial charge in [-0.3, -0.25) is 19.7 Å². The van der Waals surface area contributed by atoms with E-state index in [2.05, 4.69) is 5.32 Å². The summed E-state index contributed by atoms with van der Waals surface area (Å²) in [5, 5.41) is 22.1. The first-order valence-electron chi connectivity index (χ1n) is 5.80. The molecule has 8 nitrogen and oxygen atoms in total. The number of benzene rings is 1. The van der Waals surface area contributed by atoms with Crippen LogP contribution < -0.4 is 10.1 Å². The monoisotopic (exact) mass is 280 g/mol. The van der Waals surface area contributed by atoms with E-state index in [9.17, 15) is 19.7 Å². The van der Waals surface area contributed by atoms with Crippen molar-refractivity contribution < 1.29 is 24.4 Å². The number of amides is 1. The first-order valence-corrected chi connectivity index (χ1v) is 5.80. The van der Waals surface area contributed by atoms with Crippen LogP contribution in [-0.4, -0.2) is 29.0 Å². The molecule has 2 N–H and O–H groups in total. The standard InChI is InChI=1S/C12H12N2O6/c1-20-10-3-2-6(4-9(10)14(18)19)13-11(15)7-5-8(7)12(16)17/h2-4,7-8H,5H2,1H3,(H,13,15)(H,16,17). The number of carbonyl (C=O) groups excluding carboxylic acids is 1. The van der Waals surface area contributed by atoms with Crippen LogP contribution in [0.2, 0.25) is 0 Å². The number of rotatable bonds is 5. The van der Waals surface area contributed by atoms with Gasteiger partial charge in [-0.25, -0.2) is 0 Å². The predicted octanol–water partition coefficient (Wildman–Crippen LogP) is 1.26. The normalized spacial score (nSPS) is 20.1. The highest BCUT2D eigenvalue weighted by molar-refractivity contribution is 5.98. The Morgan fingerprint density at radius 2 is 2.15 bits per heavy atom. The van der Waals surface area contributed by atoms with Crippen molar-refractivity contribution in [3.8, 4) is 5.75 Å². The minimum atomic E-state index is -1.01. The van der Waals surface area contributed by atoms with Gasteiger partial charge in [0, 0.05) is 11.8 Å². The van der Waals surface area contributed by atoms with Crippen molar-refractivity contribution in [3.05, 3.63) is 28.3 Å². The molecule has 1 fully saturated rings. The quantitative estimate of drug-likeness (QED) is 0.619. The van der Waals surface area contributed by atoms with E-state index in [4.69, 9.17) is 9.84 Å². The van der Waals surface area contributed by atoms with Crippen LogP contribution in [0.15, 0.2) is 18.2 Å². The molecule has 1 saturated carbocycles. The number of nitro groups is 1. The van der Waals surface area contributed by atoms with Crippen LogP contribution in [-0.2, 0) is 9.59 Å². The van der Waals surface area contributed by atoms with Crippen molar-refractivity contribution >= 4 is 23.3 Å². The Bertz CT molecular complexity index is 585. The summed E-state index contributed by atoms with van der Waals surface area (Å²) < 4.78 is 4.84. The molecule has 0 heterocycles. The highest BCUT2D eigenvalue weighted by atomic mass is 16.6. The molecule has 2 unspecified atom stereocenters. The number of carboxylic acid groups (broad SMARTS) is 1. The first-order chi connectivity index (χ1) is 9.43. The van der Waals surface area contributed by atoms with E-state index < -0.39 is 28.6 Å². The van der Waals surface area contributed by atoms with E-state index in [1.807, 2.05) is 0 Å². The van der Waals surface area contributed by atoms with Gasteiger partial charge < -0.3 is 15.2 Å². The molecular weight excluding hydrogens is 268 g/mol. The molecule has 1 aromatic carbocycles. The Balaban J connectivity index is 2.11. The van der Waals surface area contributed by atoms with E-state index >= 15 is 0 Å². The molecule has 8 heteroatoms. The van der Waals surface area contributed by atoms with Crippen molar-refractivity contribution in [2.75, 3.05) is 12.4 Å². The summed E-state index contributed by atoms with van der Waals surface area (Å²) in [5.74, 6) is -2.61. The molecule has 0 saturated heterocycles. The SMILES string of the molecule is COc1ccc(NC(=O)C2CC2C(=O)O)cc1[N+](=O)[O-]. The molecule has 0 spiro atoms. The first kappa shape index (κ1) is 13.8. The summed E-state index contributed by atoms with van der Waals surface area (Å²) in [6, 6.07) is 4.01. The van der Waals surface area contributed by atoms with E-state index in [0.29, 0.717) is 6.42 Å². The van der Waals surface area contributed by atoms with E-state index in [-0.39, 0.29) is 17.1 Å². The number of carboxylic acids is 1. The maximum atomic E-state index is 11.7. The van der Waals surface area contributed by atoms with Gasteiger partial charge in [-0.2, -0.15) is 0 Å². The fourth-order valence-electron chi connectivity index (χ4n) is 1.90. The summed E-state index contributed by atoms with van der Waals surface area (Å²) in [6.45, 7) is 0. The molecule has 106 valence electrons. The van der Waals surface area contributed by atoms with E-state index in [1.54, 1.807) is 0 Å². The van der Waals surface area contributed by atoms with Crippen LogP contribution in [0.1, 0.15) is 6.42 Å². The maximum absolute atomic E-state index is 11.7. The van der Waals surface area contributed by atoms with Crippen molar-refractivity contribution in [2.45, 2.75) is 6.42 Å². The third-order valence-corrected chi connectivity index (χ3v) is 3.09. The van der Waals surface area contributed by atoms with Gasteiger partial charge in [0.05, 0.1) is 23.9 Å². The highest BCUT2D eigenvalue weighted by Gasteiger charge is 2.48. The number of carbonyl (C=O) groups is 2. The molecule has 1 aliphatic rings. The molecule has 0 bridgehead atoms. The number of hydrogen-bond acceptors (Lipinski definition) is 5. The molecule has 1 amide bonds. The molecule has 0 aliphatic heterocycles. The molecule has 1 aromatic rings. The predicted molar refractivity (Wildman–Crippen MR) is 67.5 cm³/mol. The zero-order chi connectivity index (χ0) is 14.9. The third kappa shape index (κ3) is 2.68. The van der Waals surface area contributed by atoms with Crippen LogP contribution in [0.3, 0.4) is 0 Å². The molecular formula is C12H12N2O6. The fourth-order valence-corrected chi connectivity index (χ4v) is 1.90. The van der Waals surface area contributed by atoms with E-state index in [0.717, 1.165) is 0 Å². The number of nitrogens with one attached hydrogen (secondary N) is 1. The maximum Gasteiger partial charge on any atom is 0.312 e. The number of nitrogens with zero attached hydrogens (tertiary/aromatic N) is 1. The smallest absolute Gasteiger partial charge is 0.312 e. The van der Waals surface area contributed by atoms with Gasteiger partial charge in [0.2, 0.25) is 5.91 Å². The van der Waals surface area contributed by atoms with Crippen LogP contribution in [0, 0.1) is 22.0 Å². The number of methoxy groups -OCH3 is 1. The Kier molecular flexibility index (Phi) is 3.55. The van der Waals surface area contributed by atoms with Gasteiger partial charge in [-0.1, -0.05) is 0 Å². The van der Waals surface area contributed by atoms with Gasteiger partial charge >= 0.3 is 11.7 Å². The van der Waals surface area contributed by atoms with Gasteiger partial charge in [0.1, 0.15) is 0 Å². The number of hydrogen-bond donors (Lipinski definition) is 2.